The molecule has 0 unspecified atom stereocenters. The van der Waals surface area contributed by atoms with Crippen molar-refractivity contribution in [1.29, 1.82) is 0 Å². The van der Waals surface area contributed by atoms with E-state index in [-0.39, 0.29) is 0 Å². The Kier molecular flexibility index (Phi) is 4.80. The number of hydrogen-bond acceptors (Lipinski definition) is 2. The van der Waals surface area contributed by atoms with Gasteiger partial charge in [0, 0.05) is 16.6 Å². The van der Waals surface area contributed by atoms with Crippen LogP contribution in [-0.4, -0.2) is 4.98 Å². The van der Waals surface area contributed by atoms with Crippen LogP contribution in [0.3, 0.4) is 0 Å². The van der Waals surface area contributed by atoms with E-state index < -0.39 is 0 Å². The van der Waals surface area contributed by atoms with Crippen molar-refractivity contribution in [2.45, 2.75) is 13.5 Å². The van der Waals surface area contributed by atoms with E-state index in [9.17, 15) is 0 Å². The zero-order valence-electron chi connectivity index (χ0n) is 9.98. The van der Waals surface area contributed by atoms with E-state index >= 15 is 0 Å². The van der Waals surface area contributed by atoms with Crippen LogP contribution >= 0.6 is 46.4 Å². The monoisotopic (exact) mass is 334 g/mol. The lowest BCUT2D eigenvalue weighted by Crippen LogP contribution is -2.03. The van der Waals surface area contributed by atoms with Crippen molar-refractivity contribution >= 4 is 52.1 Å². The molecule has 1 aromatic carbocycles. The van der Waals surface area contributed by atoms with Gasteiger partial charge in [0.15, 0.2) is 5.15 Å². The van der Waals surface area contributed by atoms with Gasteiger partial charge in [-0.15, -0.1) is 0 Å². The fourth-order valence-corrected chi connectivity index (χ4v) is 2.73. The molecule has 2 aromatic rings. The van der Waals surface area contributed by atoms with Gasteiger partial charge in [0.1, 0.15) is 5.15 Å². The van der Waals surface area contributed by atoms with Crippen LogP contribution in [0.2, 0.25) is 20.4 Å². The summed E-state index contributed by atoms with van der Waals surface area (Å²) in [5, 5.41) is 5.13. The maximum atomic E-state index is 6.11. The van der Waals surface area contributed by atoms with E-state index in [4.69, 9.17) is 46.4 Å². The third-order valence-corrected chi connectivity index (χ3v) is 3.67. The highest BCUT2D eigenvalue weighted by molar-refractivity contribution is 6.35. The predicted molar refractivity (Wildman–Crippen MR) is 82.8 cm³/mol. The van der Waals surface area contributed by atoms with Crippen LogP contribution in [0.4, 0.5) is 5.69 Å². The largest absolute Gasteiger partial charge is 0.378 e. The average molecular weight is 336 g/mol. The number of benzene rings is 1. The zero-order valence-corrected chi connectivity index (χ0v) is 13.0. The van der Waals surface area contributed by atoms with E-state index in [1.165, 1.54) is 0 Å². The summed E-state index contributed by atoms with van der Waals surface area (Å²) in [6.07, 6.45) is 0. The van der Waals surface area contributed by atoms with Gasteiger partial charge in [-0.2, -0.15) is 0 Å². The van der Waals surface area contributed by atoms with Crippen LogP contribution in [0.1, 0.15) is 11.1 Å². The van der Waals surface area contributed by atoms with Gasteiger partial charge in [-0.05, 0) is 36.2 Å². The first-order valence-corrected chi connectivity index (χ1v) is 6.99. The van der Waals surface area contributed by atoms with Gasteiger partial charge in [-0.3, -0.25) is 0 Å². The standard InChI is InChI=1S/C13H10Cl4N2/c1-7-4-11(16)19-13(17)12(7)18-6-8-2-3-9(14)5-10(8)15/h2-5,18H,6H2,1H3. The first-order chi connectivity index (χ1) is 8.97. The van der Waals surface area contributed by atoms with E-state index in [1.807, 2.05) is 13.0 Å². The molecular formula is C13H10Cl4N2. The minimum atomic E-state index is 0.343. The molecule has 0 amide bonds. The van der Waals surface area contributed by atoms with E-state index in [1.54, 1.807) is 18.2 Å². The number of pyridine rings is 1. The lowest BCUT2D eigenvalue weighted by molar-refractivity contribution is 1.12. The lowest BCUT2D eigenvalue weighted by Gasteiger charge is -2.12. The number of aryl methyl sites for hydroxylation is 1. The molecule has 0 aliphatic heterocycles. The number of nitrogens with zero attached hydrogens (tertiary/aromatic N) is 1. The summed E-state index contributed by atoms with van der Waals surface area (Å²) >= 11 is 23.8. The minimum absolute atomic E-state index is 0.343. The second-order valence-electron chi connectivity index (χ2n) is 4.02. The molecule has 100 valence electrons. The summed E-state index contributed by atoms with van der Waals surface area (Å²) in [6.45, 7) is 2.44. The van der Waals surface area contributed by atoms with Crippen LogP contribution in [0.5, 0.6) is 0 Å². The van der Waals surface area contributed by atoms with Crippen LogP contribution in [-0.2, 0) is 6.54 Å². The van der Waals surface area contributed by atoms with E-state index in [0.717, 1.165) is 16.8 Å². The van der Waals surface area contributed by atoms with Crippen molar-refractivity contribution in [1.82, 2.24) is 4.98 Å². The summed E-state index contributed by atoms with van der Waals surface area (Å²) < 4.78 is 0. The first kappa shape index (κ1) is 14.7. The number of nitrogens with one attached hydrogen (secondary N) is 1. The molecule has 0 saturated heterocycles. The van der Waals surface area contributed by atoms with Crippen LogP contribution in [0.25, 0.3) is 0 Å². The molecule has 0 atom stereocenters. The number of aromatic nitrogens is 1. The molecule has 6 heteroatoms. The van der Waals surface area contributed by atoms with Gasteiger partial charge in [0.05, 0.1) is 5.69 Å². The Bertz CT molecular complexity index is 591. The average Bonchev–Trinajstić information content (AvgIpc) is 2.30. The molecule has 1 aromatic heterocycles. The normalized spacial score (nSPS) is 10.6. The second kappa shape index (κ2) is 6.19. The number of anilines is 1. The predicted octanol–water partition coefficient (Wildman–Crippen LogP) is 5.62. The first-order valence-electron chi connectivity index (χ1n) is 5.48. The van der Waals surface area contributed by atoms with Gasteiger partial charge in [-0.1, -0.05) is 52.5 Å². The molecule has 0 aliphatic rings. The number of rotatable bonds is 3. The molecule has 2 rings (SSSR count). The van der Waals surface area contributed by atoms with Gasteiger partial charge < -0.3 is 5.32 Å². The highest BCUT2D eigenvalue weighted by Crippen LogP contribution is 2.28. The minimum Gasteiger partial charge on any atom is -0.378 e. The topological polar surface area (TPSA) is 24.9 Å². The summed E-state index contributed by atoms with van der Waals surface area (Å²) in [6, 6.07) is 7.11. The summed E-state index contributed by atoms with van der Waals surface area (Å²) in [7, 11) is 0. The third kappa shape index (κ3) is 3.67. The molecule has 1 heterocycles. The Morgan fingerprint density at radius 1 is 1.11 bits per heavy atom. The smallest absolute Gasteiger partial charge is 0.154 e. The maximum absolute atomic E-state index is 6.11. The number of halogens is 4. The van der Waals surface area contributed by atoms with E-state index in [0.29, 0.717) is 26.9 Å². The molecule has 0 spiro atoms. The molecule has 0 radical (unpaired) electrons. The van der Waals surface area contributed by atoms with Crippen molar-refractivity contribution in [3.05, 3.63) is 55.7 Å². The van der Waals surface area contributed by atoms with Crippen molar-refractivity contribution in [2.75, 3.05) is 5.32 Å². The van der Waals surface area contributed by atoms with Gasteiger partial charge in [0.2, 0.25) is 0 Å². The van der Waals surface area contributed by atoms with Crippen molar-refractivity contribution in [3.8, 4) is 0 Å². The Hall–Kier alpha value is -0.670. The van der Waals surface area contributed by atoms with E-state index in [2.05, 4.69) is 10.3 Å². The molecule has 1 N–H and O–H groups in total. The van der Waals surface area contributed by atoms with Crippen molar-refractivity contribution in [2.24, 2.45) is 0 Å². The lowest BCUT2D eigenvalue weighted by atomic mass is 10.2. The fraction of sp³-hybridized carbons (Fsp3) is 0.154. The molecule has 19 heavy (non-hydrogen) atoms. The zero-order chi connectivity index (χ0) is 14.0. The summed E-state index contributed by atoms with van der Waals surface area (Å²) in [4.78, 5) is 4.00. The third-order valence-electron chi connectivity index (χ3n) is 2.61. The quantitative estimate of drug-likeness (QED) is 0.737. The Morgan fingerprint density at radius 2 is 1.84 bits per heavy atom. The Labute approximate surface area is 131 Å². The van der Waals surface area contributed by atoms with Crippen molar-refractivity contribution in [3.63, 3.8) is 0 Å². The van der Waals surface area contributed by atoms with Gasteiger partial charge in [0.25, 0.3) is 0 Å². The van der Waals surface area contributed by atoms with Crippen LogP contribution in [0, 0.1) is 6.92 Å². The Morgan fingerprint density at radius 3 is 2.47 bits per heavy atom. The SMILES string of the molecule is Cc1cc(Cl)nc(Cl)c1NCc1ccc(Cl)cc1Cl. The molecule has 0 bridgehead atoms. The summed E-state index contributed by atoms with van der Waals surface area (Å²) in [5.74, 6) is 0. The maximum Gasteiger partial charge on any atom is 0.154 e. The van der Waals surface area contributed by atoms with Crippen LogP contribution in [0.15, 0.2) is 24.3 Å². The highest BCUT2D eigenvalue weighted by atomic mass is 35.5. The van der Waals surface area contributed by atoms with Crippen LogP contribution < -0.4 is 5.32 Å². The second-order valence-corrected chi connectivity index (χ2v) is 5.61. The van der Waals surface area contributed by atoms with Crippen molar-refractivity contribution < 1.29 is 0 Å². The molecule has 2 nitrogen and oxygen atoms in total. The molecular weight excluding hydrogens is 326 g/mol. The highest BCUT2D eigenvalue weighted by Gasteiger charge is 2.08. The van der Waals surface area contributed by atoms with Gasteiger partial charge >= 0.3 is 0 Å². The fourth-order valence-electron chi connectivity index (χ4n) is 1.66. The number of hydrogen-bond donors (Lipinski definition) is 1. The molecule has 0 fully saturated rings. The van der Waals surface area contributed by atoms with Gasteiger partial charge in [-0.25, -0.2) is 4.98 Å². The molecule has 0 aliphatic carbocycles. The summed E-state index contributed by atoms with van der Waals surface area (Å²) in [5.41, 5.74) is 2.60. The Balaban J connectivity index is 2.19. The molecule has 0 saturated carbocycles.